The summed E-state index contributed by atoms with van der Waals surface area (Å²) in [5.74, 6) is -1.59. The van der Waals surface area contributed by atoms with Gasteiger partial charge in [-0.25, -0.2) is 9.18 Å². The number of hydrogen-bond donors (Lipinski definition) is 2. The van der Waals surface area contributed by atoms with Crippen LogP contribution in [0.4, 0.5) is 10.1 Å². The van der Waals surface area contributed by atoms with Crippen molar-refractivity contribution in [2.45, 2.75) is 6.54 Å². The largest absolute Gasteiger partial charge is 0.494 e. The highest BCUT2D eigenvalue weighted by molar-refractivity contribution is 5.86. The van der Waals surface area contributed by atoms with Gasteiger partial charge in [0.05, 0.1) is 13.4 Å². The first-order valence-electron chi connectivity index (χ1n) is 5.49. The summed E-state index contributed by atoms with van der Waals surface area (Å²) < 4.78 is 23.1. The summed E-state index contributed by atoms with van der Waals surface area (Å²) in [4.78, 5) is 10.8. The average molecular weight is 265 g/mol. The number of nitrogens with one attached hydrogen (secondary N) is 1. The molecule has 0 fully saturated rings. The number of methoxy groups -OCH3 is 1. The summed E-state index contributed by atoms with van der Waals surface area (Å²) in [5, 5.41) is 11.8. The van der Waals surface area contributed by atoms with Gasteiger partial charge in [-0.1, -0.05) is 0 Å². The molecule has 6 heteroatoms. The molecule has 0 bridgehead atoms. The Kier molecular flexibility index (Phi) is 3.70. The van der Waals surface area contributed by atoms with Crippen molar-refractivity contribution >= 4 is 11.7 Å². The summed E-state index contributed by atoms with van der Waals surface area (Å²) in [7, 11) is 1.39. The van der Waals surface area contributed by atoms with E-state index in [2.05, 4.69) is 5.32 Å². The number of aromatic carboxylic acids is 1. The second-order valence-corrected chi connectivity index (χ2v) is 3.78. The SMILES string of the molecule is COc1ccc(NCc2ccoc2C(=O)O)cc1F. The molecule has 100 valence electrons. The zero-order valence-electron chi connectivity index (χ0n) is 10.1. The van der Waals surface area contributed by atoms with Crippen LogP contribution in [0.15, 0.2) is 34.9 Å². The van der Waals surface area contributed by atoms with E-state index < -0.39 is 11.8 Å². The molecule has 0 amide bonds. The molecule has 1 heterocycles. The highest BCUT2D eigenvalue weighted by Gasteiger charge is 2.13. The van der Waals surface area contributed by atoms with Crippen LogP contribution in [0.5, 0.6) is 5.75 Å². The number of anilines is 1. The van der Waals surface area contributed by atoms with Gasteiger partial charge in [0, 0.05) is 23.9 Å². The highest BCUT2D eigenvalue weighted by atomic mass is 19.1. The number of hydrogen-bond acceptors (Lipinski definition) is 4. The first-order chi connectivity index (χ1) is 9.11. The van der Waals surface area contributed by atoms with Crippen LogP contribution >= 0.6 is 0 Å². The molecular weight excluding hydrogens is 253 g/mol. The molecule has 1 aromatic heterocycles. The molecule has 19 heavy (non-hydrogen) atoms. The molecule has 0 aliphatic heterocycles. The van der Waals surface area contributed by atoms with Crippen molar-refractivity contribution in [2.24, 2.45) is 0 Å². The van der Waals surface area contributed by atoms with E-state index in [0.717, 1.165) is 0 Å². The quantitative estimate of drug-likeness (QED) is 0.869. The summed E-state index contributed by atoms with van der Waals surface area (Å²) in [6, 6.07) is 5.96. The van der Waals surface area contributed by atoms with Crippen LogP contribution < -0.4 is 10.1 Å². The maximum absolute atomic E-state index is 13.4. The molecule has 2 N–H and O–H groups in total. The zero-order chi connectivity index (χ0) is 13.8. The Labute approximate surface area is 108 Å². The fourth-order valence-electron chi connectivity index (χ4n) is 1.64. The lowest BCUT2D eigenvalue weighted by Gasteiger charge is -2.07. The lowest BCUT2D eigenvalue weighted by Crippen LogP contribution is -2.05. The summed E-state index contributed by atoms with van der Waals surface area (Å²) >= 11 is 0. The van der Waals surface area contributed by atoms with Gasteiger partial charge in [-0.05, 0) is 18.2 Å². The van der Waals surface area contributed by atoms with Crippen molar-refractivity contribution < 1.29 is 23.4 Å². The number of ether oxygens (including phenoxy) is 1. The van der Waals surface area contributed by atoms with Gasteiger partial charge in [0.1, 0.15) is 0 Å². The molecule has 0 aliphatic carbocycles. The summed E-state index contributed by atoms with van der Waals surface area (Å²) in [5.41, 5.74) is 1.01. The fraction of sp³-hybridized carbons (Fsp3) is 0.154. The Morgan fingerprint density at radius 2 is 2.26 bits per heavy atom. The minimum absolute atomic E-state index is 0.124. The van der Waals surface area contributed by atoms with Crippen molar-refractivity contribution in [3.05, 3.63) is 47.7 Å². The van der Waals surface area contributed by atoms with Gasteiger partial charge in [-0.3, -0.25) is 0 Å². The monoisotopic (exact) mass is 265 g/mol. The van der Waals surface area contributed by atoms with Gasteiger partial charge in [-0.15, -0.1) is 0 Å². The normalized spacial score (nSPS) is 10.2. The second kappa shape index (κ2) is 5.43. The second-order valence-electron chi connectivity index (χ2n) is 3.78. The van der Waals surface area contributed by atoms with E-state index in [1.807, 2.05) is 0 Å². The van der Waals surface area contributed by atoms with Gasteiger partial charge in [0.2, 0.25) is 5.76 Å². The van der Waals surface area contributed by atoms with Crippen LogP contribution in [0.25, 0.3) is 0 Å². The Morgan fingerprint density at radius 1 is 1.47 bits per heavy atom. The van der Waals surface area contributed by atoms with E-state index in [9.17, 15) is 9.18 Å². The third-order valence-electron chi connectivity index (χ3n) is 2.58. The lowest BCUT2D eigenvalue weighted by molar-refractivity contribution is 0.0661. The number of halogens is 1. The van der Waals surface area contributed by atoms with E-state index in [1.54, 1.807) is 12.1 Å². The van der Waals surface area contributed by atoms with Crippen LogP contribution in [-0.2, 0) is 6.54 Å². The number of furan rings is 1. The number of carboxylic acid groups (broad SMARTS) is 1. The predicted octanol–water partition coefficient (Wildman–Crippen LogP) is 2.74. The lowest BCUT2D eigenvalue weighted by atomic mass is 10.2. The Hall–Kier alpha value is -2.50. The molecule has 0 atom stereocenters. The molecule has 0 saturated heterocycles. The molecule has 0 spiro atoms. The van der Waals surface area contributed by atoms with Crippen molar-refractivity contribution in [3.8, 4) is 5.75 Å². The Balaban J connectivity index is 2.08. The first-order valence-corrected chi connectivity index (χ1v) is 5.49. The molecule has 1 aromatic carbocycles. The van der Waals surface area contributed by atoms with E-state index in [-0.39, 0.29) is 18.1 Å². The van der Waals surface area contributed by atoms with E-state index in [4.69, 9.17) is 14.3 Å². The van der Waals surface area contributed by atoms with Crippen molar-refractivity contribution in [2.75, 3.05) is 12.4 Å². The van der Waals surface area contributed by atoms with E-state index in [1.165, 1.54) is 25.5 Å². The van der Waals surface area contributed by atoms with Crippen molar-refractivity contribution in [3.63, 3.8) is 0 Å². The summed E-state index contributed by atoms with van der Waals surface area (Å²) in [6.07, 6.45) is 1.30. The summed E-state index contributed by atoms with van der Waals surface area (Å²) in [6.45, 7) is 0.226. The number of benzene rings is 1. The third kappa shape index (κ3) is 2.85. The molecule has 2 aromatic rings. The minimum Gasteiger partial charge on any atom is -0.494 e. The zero-order valence-corrected chi connectivity index (χ0v) is 10.1. The molecule has 0 unspecified atom stereocenters. The third-order valence-corrected chi connectivity index (χ3v) is 2.58. The molecular formula is C13H12FNO4. The van der Waals surface area contributed by atoms with Crippen molar-refractivity contribution in [1.82, 2.24) is 0 Å². The standard InChI is InChI=1S/C13H12FNO4/c1-18-11-3-2-9(6-10(11)14)15-7-8-4-5-19-12(8)13(16)17/h2-6,15H,7H2,1H3,(H,16,17). The van der Waals surface area contributed by atoms with Crippen LogP contribution in [0.3, 0.4) is 0 Å². The molecule has 2 rings (SSSR count). The molecule has 0 aliphatic rings. The van der Waals surface area contributed by atoms with Gasteiger partial charge < -0.3 is 19.6 Å². The Bertz CT molecular complexity index is 594. The maximum atomic E-state index is 13.4. The first kappa shape index (κ1) is 12.9. The smallest absolute Gasteiger partial charge is 0.372 e. The highest BCUT2D eigenvalue weighted by Crippen LogP contribution is 2.21. The molecule has 0 radical (unpaired) electrons. The molecule has 0 saturated carbocycles. The van der Waals surface area contributed by atoms with Gasteiger partial charge in [0.15, 0.2) is 11.6 Å². The maximum Gasteiger partial charge on any atom is 0.372 e. The minimum atomic E-state index is -1.14. The van der Waals surface area contributed by atoms with Crippen molar-refractivity contribution in [1.29, 1.82) is 0 Å². The van der Waals surface area contributed by atoms with Crippen LogP contribution in [0, 0.1) is 5.82 Å². The van der Waals surface area contributed by atoms with E-state index >= 15 is 0 Å². The molecule has 5 nitrogen and oxygen atoms in total. The van der Waals surface area contributed by atoms with Crippen LogP contribution in [0.2, 0.25) is 0 Å². The predicted molar refractivity (Wildman–Crippen MR) is 65.9 cm³/mol. The fourth-order valence-corrected chi connectivity index (χ4v) is 1.64. The van der Waals surface area contributed by atoms with Crippen LogP contribution in [-0.4, -0.2) is 18.2 Å². The number of rotatable bonds is 5. The van der Waals surface area contributed by atoms with Gasteiger partial charge in [-0.2, -0.15) is 0 Å². The van der Waals surface area contributed by atoms with Gasteiger partial charge >= 0.3 is 5.97 Å². The van der Waals surface area contributed by atoms with Crippen LogP contribution in [0.1, 0.15) is 16.1 Å². The topological polar surface area (TPSA) is 71.7 Å². The Morgan fingerprint density at radius 3 is 2.89 bits per heavy atom. The van der Waals surface area contributed by atoms with Gasteiger partial charge in [0.25, 0.3) is 0 Å². The average Bonchev–Trinajstić information content (AvgIpc) is 2.85. The number of carboxylic acids is 1. The van der Waals surface area contributed by atoms with E-state index in [0.29, 0.717) is 11.3 Å². The number of carbonyl (C=O) groups is 1.